The number of carbonyl (C=O) groups is 2. The standard InChI is InChI=1S/C19H14F2N2O4/c20-19(21)27-16-8-3-13(4-9-16)5-10-18(25)26-12-17(24)23-15-6-1-14(11-22)2-7-15/h1-10,19H,12H2,(H,23,24)/b10-5+. The number of ether oxygens (including phenoxy) is 2. The van der Waals surface area contributed by atoms with E-state index in [0.29, 0.717) is 16.8 Å². The summed E-state index contributed by atoms with van der Waals surface area (Å²) in [6.07, 6.45) is 2.52. The molecule has 0 aliphatic rings. The van der Waals surface area contributed by atoms with Gasteiger partial charge in [0.25, 0.3) is 5.91 Å². The highest BCUT2D eigenvalue weighted by molar-refractivity contribution is 5.94. The van der Waals surface area contributed by atoms with E-state index in [0.717, 1.165) is 6.08 Å². The van der Waals surface area contributed by atoms with Crippen LogP contribution in [0.5, 0.6) is 5.75 Å². The van der Waals surface area contributed by atoms with Crippen LogP contribution in [-0.4, -0.2) is 25.1 Å². The number of rotatable bonds is 7. The van der Waals surface area contributed by atoms with Crippen molar-refractivity contribution in [2.24, 2.45) is 0 Å². The minimum absolute atomic E-state index is 0.00389. The zero-order valence-corrected chi connectivity index (χ0v) is 13.9. The molecule has 2 rings (SSSR count). The third kappa shape index (κ3) is 6.96. The summed E-state index contributed by atoms with van der Waals surface area (Å²) in [5, 5.41) is 11.2. The maximum atomic E-state index is 12.1. The molecule has 0 aliphatic heterocycles. The van der Waals surface area contributed by atoms with Crippen LogP contribution < -0.4 is 10.1 Å². The predicted molar refractivity (Wildman–Crippen MR) is 92.9 cm³/mol. The van der Waals surface area contributed by atoms with E-state index in [1.54, 1.807) is 24.3 Å². The van der Waals surface area contributed by atoms with Crippen molar-refractivity contribution in [3.63, 3.8) is 0 Å². The normalized spacial score (nSPS) is 10.4. The topological polar surface area (TPSA) is 88.4 Å². The first-order chi connectivity index (χ1) is 13.0. The van der Waals surface area contributed by atoms with Crippen LogP contribution >= 0.6 is 0 Å². The molecule has 2 aromatic carbocycles. The summed E-state index contributed by atoms with van der Waals surface area (Å²) < 4.78 is 33.1. The van der Waals surface area contributed by atoms with E-state index in [1.807, 2.05) is 6.07 Å². The van der Waals surface area contributed by atoms with Gasteiger partial charge in [0.05, 0.1) is 11.6 Å². The van der Waals surface area contributed by atoms with E-state index in [-0.39, 0.29) is 5.75 Å². The number of hydrogen-bond acceptors (Lipinski definition) is 5. The highest BCUT2D eigenvalue weighted by Crippen LogP contribution is 2.15. The fourth-order valence-electron chi connectivity index (χ4n) is 1.93. The number of nitrogens with one attached hydrogen (secondary N) is 1. The number of halogens is 2. The molecule has 1 amide bonds. The summed E-state index contributed by atoms with van der Waals surface area (Å²) >= 11 is 0. The van der Waals surface area contributed by atoms with E-state index >= 15 is 0 Å². The molecule has 6 nitrogen and oxygen atoms in total. The van der Waals surface area contributed by atoms with Gasteiger partial charge in [0.1, 0.15) is 5.75 Å². The second-order valence-corrected chi connectivity index (χ2v) is 5.13. The van der Waals surface area contributed by atoms with Gasteiger partial charge in [-0.2, -0.15) is 14.0 Å². The van der Waals surface area contributed by atoms with Crippen LogP contribution in [0, 0.1) is 11.3 Å². The molecule has 0 unspecified atom stereocenters. The number of nitriles is 1. The van der Waals surface area contributed by atoms with Crippen molar-refractivity contribution in [3.8, 4) is 11.8 Å². The van der Waals surface area contributed by atoms with E-state index in [2.05, 4.69) is 10.1 Å². The smallest absolute Gasteiger partial charge is 0.387 e. The number of hydrogen-bond donors (Lipinski definition) is 1. The molecule has 2 aromatic rings. The van der Waals surface area contributed by atoms with Crippen LogP contribution in [0.2, 0.25) is 0 Å². The SMILES string of the molecule is N#Cc1ccc(NC(=O)COC(=O)/C=C/c2ccc(OC(F)F)cc2)cc1. The summed E-state index contributed by atoms with van der Waals surface area (Å²) in [4.78, 5) is 23.3. The molecular formula is C19H14F2N2O4. The molecule has 1 N–H and O–H groups in total. The second kappa shape index (κ2) is 9.68. The van der Waals surface area contributed by atoms with Crippen LogP contribution in [0.25, 0.3) is 6.08 Å². The van der Waals surface area contributed by atoms with Gasteiger partial charge in [-0.1, -0.05) is 12.1 Å². The number of esters is 1. The molecule has 0 radical (unpaired) electrons. The molecule has 0 heterocycles. The van der Waals surface area contributed by atoms with E-state index in [9.17, 15) is 18.4 Å². The summed E-state index contributed by atoms with van der Waals surface area (Å²) in [5.74, 6) is -1.27. The van der Waals surface area contributed by atoms with Crippen molar-refractivity contribution < 1.29 is 27.8 Å². The van der Waals surface area contributed by atoms with Crippen LogP contribution in [0.4, 0.5) is 14.5 Å². The number of nitrogens with zero attached hydrogens (tertiary/aromatic N) is 1. The number of anilines is 1. The lowest BCUT2D eigenvalue weighted by molar-refractivity contribution is -0.142. The number of amides is 1. The zero-order chi connectivity index (χ0) is 19.6. The van der Waals surface area contributed by atoms with E-state index < -0.39 is 25.1 Å². The Bertz CT molecular complexity index is 857. The Morgan fingerprint density at radius 1 is 1.11 bits per heavy atom. The van der Waals surface area contributed by atoms with Gasteiger partial charge >= 0.3 is 12.6 Å². The van der Waals surface area contributed by atoms with Crippen molar-refractivity contribution in [2.75, 3.05) is 11.9 Å². The fraction of sp³-hybridized carbons (Fsp3) is 0.105. The Balaban J connectivity index is 1.78. The van der Waals surface area contributed by atoms with E-state index in [1.165, 1.54) is 30.3 Å². The van der Waals surface area contributed by atoms with Gasteiger partial charge in [-0.05, 0) is 48.0 Å². The Kier molecular flexibility index (Phi) is 7.02. The van der Waals surface area contributed by atoms with Crippen LogP contribution in [0.1, 0.15) is 11.1 Å². The average Bonchev–Trinajstić information content (AvgIpc) is 2.66. The molecule has 0 atom stereocenters. The van der Waals surface area contributed by atoms with Crippen molar-refractivity contribution in [1.82, 2.24) is 0 Å². The van der Waals surface area contributed by atoms with Gasteiger partial charge in [-0.15, -0.1) is 0 Å². The molecule has 0 saturated carbocycles. The maximum absolute atomic E-state index is 12.1. The van der Waals surface area contributed by atoms with Gasteiger partial charge < -0.3 is 14.8 Å². The number of alkyl halides is 2. The summed E-state index contributed by atoms with van der Waals surface area (Å²) in [5.41, 5.74) is 1.49. The Morgan fingerprint density at radius 2 is 1.78 bits per heavy atom. The molecule has 0 saturated heterocycles. The van der Waals surface area contributed by atoms with Gasteiger partial charge in [-0.25, -0.2) is 4.79 Å². The summed E-state index contributed by atoms with van der Waals surface area (Å²) in [6, 6.07) is 13.8. The lowest BCUT2D eigenvalue weighted by Crippen LogP contribution is -2.20. The third-order valence-electron chi connectivity index (χ3n) is 3.16. The largest absolute Gasteiger partial charge is 0.452 e. The summed E-state index contributed by atoms with van der Waals surface area (Å²) in [6.45, 7) is -3.39. The van der Waals surface area contributed by atoms with Crippen LogP contribution in [0.3, 0.4) is 0 Å². The minimum Gasteiger partial charge on any atom is -0.452 e. The monoisotopic (exact) mass is 372 g/mol. The number of benzene rings is 2. The molecular weight excluding hydrogens is 358 g/mol. The maximum Gasteiger partial charge on any atom is 0.387 e. The predicted octanol–water partition coefficient (Wildman–Crippen LogP) is 3.35. The lowest BCUT2D eigenvalue weighted by atomic mass is 10.2. The minimum atomic E-state index is -2.91. The first-order valence-corrected chi connectivity index (χ1v) is 7.66. The quantitative estimate of drug-likeness (QED) is 0.595. The molecule has 0 aliphatic carbocycles. The van der Waals surface area contributed by atoms with Gasteiger partial charge in [-0.3, -0.25) is 4.79 Å². The molecule has 138 valence electrons. The van der Waals surface area contributed by atoms with Crippen LogP contribution in [0.15, 0.2) is 54.6 Å². The lowest BCUT2D eigenvalue weighted by Gasteiger charge is -2.05. The highest BCUT2D eigenvalue weighted by Gasteiger charge is 2.06. The first-order valence-electron chi connectivity index (χ1n) is 7.66. The van der Waals surface area contributed by atoms with Gasteiger partial charge in [0, 0.05) is 11.8 Å². The van der Waals surface area contributed by atoms with Crippen molar-refractivity contribution in [1.29, 1.82) is 5.26 Å². The molecule has 0 aromatic heterocycles. The Morgan fingerprint density at radius 3 is 2.37 bits per heavy atom. The Hall–Kier alpha value is -3.73. The molecule has 8 heteroatoms. The highest BCUT2D eigenvalue weighted by atomic mass is 19.3. The Labute approximate surface area is 153 Å². The number of carbonyl (C=O) groups excluding carboxylic acids is 2. The van der Waals surface area contributed by atoms with Gasteiger partial charge in [0.15, 0.2) is 6.61 Å². The average molecular weight is 372 g/mol. The summed E-state index contributed by atoms with van der Waals surface area (Å²) in [7, 11) is 0. The van der Waals surface area contributed by atoms with E-state index in [4.69, 9.17) is 10.00 Å². The molecule has 27 heavy (non-hydrogen) atoms. The second-order valence-electron chi connectivity index (χ2n) is 5.13. The van der Waals surface area contributed by atoms with Crippen LogP contribution in [-0.2, 0) is 14.3 Å². The molecule has 0 bridgehead atoms. The third-order valence-corrected chi connectivity index (χ3v) is 3.16. The molecule has 0 fully saturated rings. The first kappa shape index (κ1) is 19.6. The fourth-order valence-corrected chi connectivity index (χ4v) is 1.93. The van der Waals surface area contributed by atoms with Crippen molar-refractivity contribution in [3.05, 3.63) is 65.7 Å². The molecule has 0 spiro atoms. The van der Waals surface area contributed by atoms with Crippen molar-refractivity contribution >= 4 is 23.6 Å². The van der Waals surface area contributed by atoms with Gasteiger partial charge in [0.2, 0.25) is 0 Å². The van der Waals surface area contributed by atoms with Crippen molar-refractivity contribution in [2.45, 2.75) is 6.61 Å². The zero-order valence-electron chi connectivity index (χ0n) is 13.9.